The van der Waals surface area contributed by atoms with Crippen molar-refractivity contribution in [1.82, 2.24) is 14.8 Å². The number of benzene rings is 2. The van der Waals surface area contributed by atoms with Crippen LogP contribution in [0.2, 0.25) is 0 Å². The van der Waals surface area contributed by atoms with Gasteiger partial charge in [-0.2, -0.15) is 5.10 Å². The van der Waals surface area contributed by atoms with Crippen molar-refractivity contribution in [2.75, 3.05) is 5.33 Å². The van der Waals surface area contributed by atoms with E-state index in [9.17, 15) is 0 Å². The van der Waals surface area contributed by atoms with E-state index in [-0.39, 0.29) is 0 Å². The Bertz CT molecular complexity index is 975. The molecule has 0 aliphatic rings. The Hall–Kier alpha value is -2.40. The zero-order chi connectivity index (χ0) is 17.1. The molecule has 126 valence electrons. The summed E-state index contributed by atoms with van der Waals surface area (Å²) in [4.78, 5) is 4.63. The van der Waals surface area contributed by atoms with Crippen LogP contribution in [-0.4, -0.2) is 20.1 Å². The number of rotatable bonds is 6. The summed E-state index contributed by atoms with van der Waals surface area (Å²) in [5.74, 6) is 0.590. The average Bonchev–Trinajstić information content (AvgIpc) is 3.26. The number of hydrogen-bond donors (Lipinski definition) is 0. The molecule has 0 N–H and O–H groups in total. The Kier molecular flexibility index (Phi) is 4.65. The minimum absolute atomic E-state index is 0.590. The van der Waals surface area contributed by atoms with Gasteiger partial charge in [0.05, 0.1) is 17.8 Å². The van der Waals surface area contributed by atoms with Crippen LogP contribution in [-0.2, 0) is 13.0 Å². The first-order chi connectivity index (χ1) is 12.3. The van der Waals surface area contributed by atoms with Crippen molar-refractivity contribution < 1.29 is 4.42 Å². The maximum Gasteiger partial charge on any atom is 0.247 e. The van der Waals surface area contributed by atoms with Crippen LogP contribution in [0.5, 0.6) is 0 Å². The molecule has 0 radical (unpaired) electrons. The van der Waals surface area contributed by atoms with Gasteiger partial charge >= 0.3 is 0 Å². The van der Waals surface area contributed by atoms with E-state index >= 15 is 0 Å². The van der Waals surface area contributed by atoms with E-state index in [1.807, 2.05) is 35.0 Å². The van der Waals surface area contributed by atoms with Gasteiger partial charge in [-0.3, -0.25) is 4.68 Å². The lowest BCUT2D eigenvalue weighted by atomic mass is 10.2. The number of para-hydroxylation sites is 1. The Morgan fingerprint density at radius 1 is 1.00 bits per heavy atom. The number of hydrogen-bond acceptors (Lipinski definition) is 3. The minimum atomic E-state index is 0.590. The number of halogens is 1. The molecule has 2 aromatic heterocycles. The number of nitrogens with zero attached hydrogens (tertiary/aromatic N) is 3. The van der Waals surface area contributed by atoms with Gasteiger partial charge in [-0.15, -0.1) is 0 Å². The highest BCUT2D eigenvalue weighted by Gasteiger charge is 2.16. The summed E-state index contributed by atoms with van der Waals surface area (Å²) in [7, 11) is 0. The van der Waals surface area contributed by atoms with Crippen LogP contribution in [0, 0.1) is 0 Å². The summed E-state index contributed by atoms with van der Waals surface area (Å²) >= 11 is 3.45. The highest BCUT2D eigenvalue weighted by Crippen LogP contribution is 2.28. The fourth-order valence-electron chi connectivity index (χ4n) is 2.94. The van der Waals surface area contributed by atoms with Crippen molar-refractivity contribution in [3.05, 3.63) is 72.1 Å². The SMILES string of the molecule is BrCCCc1coc(-c2nn(Cc3ccccc3)c3ccccc23)n1. The Morgan fingerprint density at radius 2 is 1.80 bits per heavy atom. The van der Waals surface area contributed by atoms with Crippen LogP contribution in [0.1, 0.15) is 17.7 Å². The third-order valence-corrected chi connectivity index (χ3v) is 4.71. The Balaban J connectivity index is 1.73. The van der Waals surface area contributed by atoms with E-state index in [4.69, 9.17) is 9.52 Å². The maximum absolute atomic E-state index is 5.72. The lowest BCUT2D eigenvalue weighted by molar-refractivity contribution is 0.567. The monoisotopic (exact) mass is 395 g/mol. The molecule has 0 saturated carbocycles. The van der Waals surface area contributed by atoms with Gasteiger partial charge in [-0.05, 0) is 24.5 Å². The fraction of sp³-hybridized carbons (Fsp3) is 0.200. The highest BCUT2D eigenvalue weighted by molar-refractivity contribution is 9.09. The predicted octanol–water partition coefficient (Wildman–Crippen LogP) is 5.07. The number of aryl methyl sites for hydroxylation is 1. The molecule has 25 heavy (non-hydrogen) atoms. The molecule has 0 saturated heterocycles. The Morgan fingerprint density at radius 3 is 2.64 bits per heavy atom. The highest BCUT2D eigenvalue weighted by atomic mass is 79.9. The van der Waals surface area contributed by atoms with Gasteiger partial charge in [-0.1, -0.05) is 64.5 Å². The van der Waals surface area contributed by atoms with Crippen LogP contribution >= 0.6 is 15.9 Å². The summed E-state index contributed by atoms with van der Waals surface area (Å²) in [6.45, 7) is 0.721. The molecule has 0 aliphatic carbocycles. The van der Waals surface area contributed by atoms with E-state index in [2.05, 4.69) is 45.2 Å². The molecular weight excluding hydrogens is 378 g/mol. The molecule has 4 aromatic rings. The molecule has 0 unspecified atom stereocenters. The van der Waals surface area contributed by atoms with Crippen molar-refractivity contribution in [3.8, 4) is 11.6 Å². The van der Waals surface area contributed by atoms with Gasteiger partial charge in [0.1, 0.15) is 6.26 Å². The summed E-state index contributed by atoms with van der Waals surface area (Å²) in [5, 5.41) is 6.82. The van der Waals surface area contributed by atoms with E-state index in [1.165, 1.54) is 5.56 Å². The van der Waals surface area contributed by atoms with Crippen LogP contribution in [0.4, 0.5) is 0 Å². The van der Waals surface area contributed by atoms with Gasteiger partial charge in [0.2, 0.25) is 5.89 Å². The molecular formula is C20H18BrN3O. The second-order valence-electron chi connectivity index (χ2n) is 5.95. The molecule has 4 nitrogen and oxygen atoms in total. The molecule has 5 heteroatoms. The topological polar surface area (TPSA) is 43.9 Å². The quantitative estimate of drug-likeness (QED) is 0.428. The number of oxazole rings is 1. The summed E-state index contributed by atoms with van der Waals surface area (Å²) in [6.07, 6.45) is 3.68. The molecule has 0 aliphatic heterocycles. The zero-order valence-corrected chi connectivity index (χ0v) is 15.3. The average molecular weight is 396 g/mol. The molecule has 4 rings (SSSR count). The molecule has 0 bridgehead atoms. The first-order valence-electron chi connectivity index (χ1n) is 8.35. The van der Waals surface area contributed by atoms with E-state index in [1.54, 1.807) is 6.26 Å². The van der Waals surface area contributed by atoms with Gasteiger partial charge in [0.15, 0.2) is 5.69 Å². The number of aromatic nitrogens is 3. The number of alkyl halides is 1. The van der Waals surface area contributed by atoms with Gasteiger partial charge in [0, 0.05) is 10.7 Å². The smallest absolute Gasteiger partial charge is 0.247 e. The third-order valence-electron chi connectivity index (χ3n) is 4.15. The largest absolute Gasteiger partial charge is 0.443 e. The molecule has 2 aromatic carbocycles. The third kappa shape index (κ3) is 3.37. The van der Waals surface area contributed by atoms with Crippen LogP contribution in [0.3, 0.4) is 0 Å². The van der Waals surface area contributed by atoms with Crippen LogP contribution in [0.25, 0.3) is 22.5 Å². The lowest BCUT2D eigenvalue weighted by Crippen LogP contribution is -2.01. The first-order valence-corrected chi connectivity index (χ1v) is 9.47. The second kappa shape index (κ2) is 7.23. The van der Waals surface area contributed by atoms with Crippen molar-refractivity contribution in [2.45, 2.75) is 19.4 Å². The number of fused-ring (bicyclic) bond motifs is 1. The van der Waals surface area contributed by atoms with Crippen molar-refractivity contribution in [1.29, 1.82) is 0 Å². The van der Waals surface area contributed by atoms with Crippen LogP contribution in [0.15, 0.2) is 65.3 Å². The predicted molar refractivity (Wildman–Crippen MR) is 103 cm³/mol. The van der Waals surface area contributed by atoms with Crippen molar-refractivity contribution >= 4 is 26.8 Å². The van der Waals surface area contributed by atoms with Gasteiger partial charge in [0.25, 0.3) is 0 Å². The van der Waals surface area contributed by atoms with Gasteiger partial charge < -0.3 is 4.42 Å². The second-order valence-corrected chi connectivity index (χ2v) is 6.74. The zero-order valence-electron chi connectivity index (χ0n) is 13.7. The van der Waals surface area contributed by atoms with E-state index in [0.717, 1.165) is 47.0 Å². The lowest BCUT2D eigenvalue weighted by Gasteiger charge is -2.03. The Labute approximate surface area is 154 Å². The fourth-order valence-corrected chi connectivity index (χ4v) is 3.22. The summed E-state index contributed by atoms with van der Waals surface area (Å²) in [5.41, 5.74) is 4.07. The molecule has 0 fully saturated rings. The molecule has 0 spiro atoms. The maximum atomic E-state index is 5.72. The first kappa shape index (κ1) is 16.1. The molecule has 0 atom stereocenters. The summed E-state index contributed by atoms with van der Waals surface area (Å²) in [6, 6.07) is 18.6. The molecule has 0 amide bonds. The standard InChI is InChI=1S/C20H18BrN3O/c21-12-6-9-16-14-25-20(22-16)19-17-10-4-5-11-18(17)24(23-19)13-15-7-2-1-3-8-15/h1-5,7-8,10-11,14H,6,9,12-13H2. The summed E-state index contributed by atoms with van der Waals surface area (Å²) < 4.78 is 7.73. The van der Waals surface area contributed by atoms with Crippen LogP contribution < -0.4 is 0 Å². The minimum Gasteiger partial charge on any atom is -0.443 e. The van der Waals surface area contributed by atoms with E-state index in [0.29, 0.717) is 5.89 Å². The van der Waals surface area contributed by atoms with Gasteiger partial charge in [-0.25, -0.2) is 4.98 Å². The van der Waals surface area contributed by atoms with Crippen molar-refractivity contribution in [3.63, 3.8) is 0 Å². The molecule has 2 heterocycles. The van der Waals surface area contributed by atoms with Crippen molar-refractivity contribution in [2.24, 2.45) is 0 Å². The van der Waals surface area contributed by atoms with E-state index < -0.39 is 0 Å². The normalized spacial score (nSPS) is 11.2.